The summed E-state index contributed by atoms with van der Waals surface area (Å²) in [6.45, 7) is 3.11. The summed E-state index contributed by atoms with van der Waals surface area (Å²) < 4.78 is 66.6. The van der Waals surface area contributed by atoms with E-state index in [9.17, 15) is 17.6 Å². The summed E-state index contributed by atoms with van der Waals surface area (Å²) in [4.78, 5) is 9.18. The maximum absolute atomic E-state index is 14.2. The van der Waals surface area contributed by atoms with Crippen molar-refractivity contribution in [1.29, 1.82) is 0 Å². The molecule has 2 heterocycles. The minimum Gasteiger partial charge on any atom is -0.493 e. The molecule has 0 fully saturated rings. The largest absolute Gasteiger partial charge is 0.493 e. The van der Waals surface area contributed by atoms with Crippen LogP contribution in [0.1, 0.15) is 43.4 Å². The van der Waals surface area contributed by atoms with Crippen LogP contribution >= 0.6 is 0 Å². The number of nitrogens with two attached hydrogens (primary N) is 1. The van der Waals surface area contributed by atoms with Crippen LogP contribution in [0.4, 0.5) is 23.5 Å². The van der Waals surface area contributed by atoms with Crippen molar-refractivity contribution in [2.75, 3.05) is 12.8 Å². The molecule has 0 saturated heterocycles. The molecule has 2 atom stereocenters. The summed E-state index contributed by atoms with van der Waals surface area (Å²) in [6, 6.07) is 10.7. The van der Waals surface area contributed by atoms with Gasteiger partial charge in [0.25, 0.3) is 0 Å². The van der Waals surface area contributed by atoms with E-state index in [4.69, 9.17) is 15.2 Å². The molecule has 2 aliphatic rings. The van der Waals surface area contributed by atoms with Gasteiger partial charge in [-0.25, -0.2) is 9.37 Å². The van der Waals surface area contributed by atoms with Gasteiger partial charge in [0, 0.05) is 6.21 Å². The van der Waals surface area contributed by atoms with Gasteiger partial charge in [-0.3, -0.25) is 9.56 Å². The van der Waals surface area contributed by atoms with Crippen LogP contribution in [0.3, 0.4) is 0 Å². The van der Waals surface area contributed by atoms with Crippen LogP contribution in [0.15, 0.2) is 76.8 Å². The molecule has 2 unspecified atom stereocenters. The number of hydrogen-bond donors (Lipinski definition) is 1. The number of anilines is 1. The van der Waals surface area contributed by atoms with E-state index < -0.39 is 17.4 Å². The van der Waals surface area contributed by atoms with Gasteiger partial charge >= 0.3 is 6.18 Å². The molecule has 2 N–H and O–H groups in total. The molecule has 0 bridgehead atoms. The Morgan fingerprint density at radius 3 is 2.47 bits per heavy atom. The fraction of sp³-hybridized carbons (Fsp3) is 0.303. The number of alkyl halides is 4. The first kappa shape index (κ1) is 29.9. The highest BCUT2D eigenvalue weighted by Crippen LogP contribution is 2.42. The van der Waals surface area contributed by atoms with Crippen LogP contribution in [0.25, 0.3) is 11.8 Å². The number of allylic oxidation sites excluding steroid dienone is 4. The Kier molecular flexibility index (Phi) is 8.33. The Morgan fingerprint density at radius 1 is 1.02 bits per heavy atom. The molecule has 10 heteroatoms. The Hall–Kier alpha value is -4.56. The molecule has 6 nitrogen and oxygen atoms in total. The second-order valence-electron chi connectivity index (χ2n) is 10.6. The molecular formula is C33H32F4N4O2. The van der Waals surface area contributed by atoms with Crippen LogP contribution in [-0.4, -0.2) is 35.1 Å². The van der Waals surface area contributed by atoms with E-state index in [2.05, 4.69) is 28.7 Å². The van der Waals surface area contributed by atoms with Crippen molar-refractivity contribution < 1.29 is 27.0 Å². The Balaban J connectivity index is 1.31. The fourth-order valence-electron chi connectivity index (χ4n) is 4.93. The van der Waals surface area contributed by atoms with Crippen molar-refractivity contribution in [3.63, 3.8) is 0 Å². The highest BCUT2D eigenvalue weighted by Gasteiger charge is 2.53. The Labute approximate surface area is 246 Å². The van der Waals surface area contributed by atoms with Gasteiger partial charge in [-0.15, -0.1) is 0 Å². The van der Waals surface area contributed by atoms with E-state index in [0.29, 0.717) is 41.8 Å². The van der Waals surface area contributed by atoms with Gasteiger partial charge in [0.2, 0.25) is 11.6 Å². The van der Waals surface area contributed by atoms with E-state index in [1.807, 2.05) is 41.1 Å². The van der Waals surface area contributed by atoms with Gasteiger partial charge in [0.1, 0.15) is 12.0 Å². The van der Waals surface area contributed by atoms with Crippen LogP contribution < -0.4 is 25.9 Å². The number of nitrogen functional groups attached to an aromatic ring is 1. The molecular weight excluding hydrogens is 560 g/mol. The lowest BCUT2D eigenvalue weighted by atomic mass is 9.96. The molecule has 0 radical (unpaired) electrons. The average molecular weight is 593 g/mol. The van der Waals surface area contributed by atoms with Crippen molar-refractivity contribution >= 4 is 24.0 Å². The number of aliphatic imine (C=N–C) groups is 1. The maximum atomic E-state index is 14.2. The zero-order chi connectivity index (χ0) is 30.8. The fourth-order valence-corrected chi connectivity index (χ4v) is 4.93. The molecule has 224 valence electrons. The van der Waals surface area contributed by atoms with E-state index in [-0.39, 0.29) is 12.6 Å². The number of rotatable bonds is 10. The zero-order valence-corrected chi connectivity index (χ0v) is 24.1. The second-order valence-corrected chi connectivity index (χ2v) is 10.6. The minimum absolute atomic E-state index is 0.0538. The number of fused-ring (bicyclic) bond motifs is 1. The molecule has 3 aromatic rings. The second kappa shape index (κ2) is 12.0. The van der Waals surface area contributed by atoms with Gasteiger partial charge in [-0.05, 0) is 71.5 Å². The van der Waals surface area contributed by atoms with Gasteiger partial charge in [0.15, 0.2) is 11.5 Å². The van der Waals surface area contributed by atoms with Crippen molar-refractivity contribution in [1.82, 2.24) is 9.55 Å². The molecule has 43 heavy (non-hydrogen) atoms. The first-order valence-electron chi connectivity index (χ1n) is 13.9. The maximum Gasteiger partial charge on any atom is 0.426 e. The van der Waals surface area contributed by atoms with Crippen molar-refractivity contribution in [3.8, 4) is 11.5 Å². The topological polar surface area (TPSA) is 74.7 Å². The van der Waals surface area contributed by atoms with Crippen LogP contribution in [-0.2, 0) is 18.8 Å². The lowest BCUT2D eigenvalue weighted by Crippen LogP contribution is -2.34. The summed E-state index contributed by atoms with van der Waals surface area (Å²) >= 11 is 0. The molecule has 0 saturated carbocycles. The van der Waals surface area contributed by atoms with E-state index >= 15 is 0 Å². The monoisotopic (exact) mass is 592 g/mol. The standard InChI is InChI=1S/C33H32F4N4O2/c1-4-6-26-16-24(18-39-26)23-7-5-8-28-27(17-23)40-31(38)41(28)19-22-11-14-29(30(15-22)42-3)43-20-21-9-12-25(13-10-21)32(2,34)33(35,36)37/h5,7,9-18,26H,4,6,19-20H2,1-3H3,(H2,38,40). The highest BCUT2D eigenvalue weighted by molar-refractivity contribution is 5.91. The first-order chi connectivity index (χ1) is 20.5. The molecule has 0 spiro atoms. The summed E-state index contributed by atoms with van der Waals surface area (Å²) in [6.07, 6.45) is 6.98. The lowest BCUT2D eigenvalue weighted by molar-refractivity contribution is -0.228. The molecule has 2 aromatic carbocycles. The zero-order valence-electron chi connectivity index (χ0n) is 24.1. The third-order valence-electron chi connectivity index (χ3n) is 7.49. The van der Waals surface area contributed by atoms with E-state index in [1.54, 1.807) is 6.07 Å². The molecule has 5 rings (SSSR count). The molecule has 1 aromatic heterocycles. The van der Waals surface area contributed by atoms with Crippen LogP contribution in [0, 0.1) is 0 Å². The predicted molar refractivity (Wildman–Crippen MR) is 159 cm³/mol. The summed E-state index contributed by atoms with van der Waals surface area (Å²) in [5.74, 6) is 1.26. The minimum atomic E-state index is -5.01. The van der Waals surface area contributed by atoms with Crippen molar-refractivity contribution in [3.05, 3.63) is 99.2 Å². The van der Waals surface area contributed by atoms with Gasteiger partial charge < -0.3 is 15.2 Å². The Bertz CT molecular complexity index is 1760. The quantitative estimate of drug-likeness (QED) is 0.308. The average Bonchev–Trinajstić information content (AvgIpc) is 3.48. The summed E-state index contributed by atoms with van der Waals surface area (Å²) in [7, 11) is 1.52. The molecule has 1 aliphatic heterocycles. The summed E-state index contributed by atoms with van der Waals surface area (Å²) in [5.41, 5.74) is 9.22. The smallest absolute Gasteiger partial charge is 0.426 e. The van der Waals surface area contributed by atoms with Gasteiger partial charge in [-0.1, -0.05) is 55.5 Å². The number of imidazole rings is 1. The molecule has 1 aliphatic carbocycles. The number of benzene rings is 2. The van der Waals surface area contributed by atoms with Crippen LogP contribution in [0.5, 0.6) is 11.5 Å². The van der Waals surface area contributed by atoms with Crippen LogP contribution in [0.2, 0.25) is 0 Å². The highest BCUT2D eigenvalue weighted by atomic mass is 19.4. The third kappa shape index (κ3) is 6.29. The van der Waals surface area contributed by atoms with E-state index in [0.717, 1.165) is 47.0 Å². The normalized spacial score (nSPS) is 17.2. The summed E-state index contributed by atoms with van der Waals surface area (Å²) in [5, 5.41) is 1.47. The predicted octanol–water partition coefficient (Wildman–Crippen LogP) is 5.68. The SMILES string of the molecule is CCCC1C=C(C2=CC=C=c3c(nc(N)n3Cc3ccc(OCc4ccc(C(C)(F)C(F)(F)F)cc4)c(OC)c3)=C2)C=N1. The lowest BCUT2D eigenvalue weighted by Gasteiger charge is -2.24. The number of halogens is 4. The number of nitrogens with zero attached hydrogens (tertiary/aromatic N) is 3. The molecule has 0 amide bonds. The first-order valence-corrected chi connectivity index (χ1v) is 13.9. The van der Waals surface area contributed by atoms with E-state index in [1.165, 1.54) is 19.2 Å². The number of methoxy groups -OCH3 is 1. The Morgan fingerprint density at radius 2 is 1.77 bits per heavy atom. The van der Waals surface area contributed by atoms with Gasteiger partial charge in [0.05, 0.1) is 25.0 Å². The van der Waals surface area contributed by atoms with Gasteiger partial charge in [-0.2, -0.15) is 13.2 Å². The van der Waals surface area contributed by atoms with Crippen molar-refractivity contribution in [2.24, 2.45) is 4.99 Å². The number of ether oxygens (including phenoxy) is 2. The number of hydrogen-bond acceptors (Lipinski definition) is 5. The third-order valence-corrected chi connectivity index (χ3v) is 7.49. The van der Waals surface area contributed by atoms with Crippen molar-refractivity contribution in [2.45, 2.75) is 57.7 Å². The number of aromatic nitrogens is 2.